The first kappa shape index (κ1) is 26.8. The van der Waals surface area contributed by atoms with Crippen molar-refractivity contribution >= 4 is 60.2 Å². The number of rotatable bonds is 4. The Labute approximate surface area is 275 Å². The standard InChI is InChI=1S/C43H27N3O2/c1-2-9-29-24-30(21-16-26(29)8-1)42-44-41(45-43(46-42)31-22-23-38-35(25-31)33-10-3-5-13-36(33)47-38)28-19-17-27(18-20-28)32-12-7-15-39-40(32)34-11-4-6-14-37(34)48-39/h1-17,19-25,27H,18H2. The zero-order chi connectivity index (χ0) is 31.6. The van der Waals surface area contributed by atoms with E-state index in [-0.39, 0.29) is 5.92 Å². The molecular weight excluding hydrogens is 590 g/mol. The zero-order valence-corrected chi connectivity index (χ0v) is 25.8. The smallest absolute Gasteiger partial charge is 0.164 e. The second kappa shape index (κ2) is 10.6. The highest BCUT2D eigenvalue weighted by molar-refractivity contribution is 6.07. The Morgan fingerprint density at radius 3 is 1.98 bits per heavy atom. The van der Waals surface area contributed by atoms with Crippen LogP contribution in [0.3, 0.4) is 0 Å². The number of para-hydroxylation sites is 2. The monoisotopic (exact) mass is 617 g/mol. The highest BCUT2D eigenvalue weighted by Gasteiger charge is 2.21. The van der Waals surface area contributed by atoms with Crippen LogP contribution in [-0.4, -0.2) is 15.0 Å². The lowest BCUT2D eigenvalue weighted by atomic mass is 9.87. The molecule has 0 amide bonds. The molecule has 0 N–H and O–H groups in total. The molecule has 1 unspecified atom stereocenters. The Hall–Kier alpha value is -6.33. The number of hydrogen-bond acceptors (Lipinski definition) is 5. The van der Waals surface area contributed by atoms with E-state index in [0.29, 0.717) is 17.5 Å². The molecule has 0 aliphatic heterocycles. The fourth-order valence-electron chi connectivity index (χ4n) is 7.08. The van der Waals surface area contributed by atoms with Crippen molar-refractivity contribution in [2.24, 2.45) is 0 Å². The molecule has 48 heavy (non-hydrogen) atoms. The number of hydrogen-bond donors (Lipinski definition) is 0. The maximum Gasteiger partial charge on any atom is 0.164 e. The van der Waals surface area contributed by atoms with Crippen LogP contribution in [0.15, 0.2) is 154 Å². The van der Waals surface area contributed by atoms with Crippen molar-refractivity contribution in [3.63, 3.8) is 0 Å². The number of benzene rings is 6. The minimum Gasteiger partial charge on any atom is -0.456 e. The van der Waals surface area contributed by atoms with E-state index in [0.717, 1.165) is 67.0 Å². The minimum atomic E-state index is 0.205. The van der Waals surface area contributed by atoms with E-state index in [4.69, 9.17) is 23.8 Å². The first-order valence-electron chi connectivity index (χ1n) is 16.2. The highest BCUT2D eigenvalue weighted by Crippen LogP contribution is 2.39. The topological polar surface area (TPSA) is 65.0 Å². The molecule has 6 aromatic carbocycles. The summed E-state index contributed by atoms with van der Waals surface area (Å²) in [6.07, 6.45) is 7.51. The molecule has 0 spiro atoms. The molecule has 1 atom stereocenters. The molecule has 0 saturated carbocycles. The highest BCUT2D eigenvalue weighted by atomic mass is 16.3. The summed E-state index contributed by atoms with van der Waals surface area (Å²) in [5, 5.41) is 6.77. The van der Waals surface area contributed by atoms with E-state index >= 15 is 0 Å². The van der Waals surface area contributed by atoms with Crippen LogP contribution < -0.4 is 0 Å². The van der Waals surface area contributed by atoms with Gasteiger partial charge >= 0.3 is 0 Å². The molecule has 3 aromatic heterocycles. The van der Waals surface area contributed by atoms with E-state index < -0.39 is 0 Å². The van der Waals surface area contributed by atoms with Crippen molar-refractivity contribution in [3.8, 4) is 22.8 Å². The van der Waals surface area contributed by atoms with Crippen LogP contribution in [-0.2, 0) is 0 Å². The first-order valence-corrected chi connectivity index (χ1v) is 16.2. The van der Waals surface area contributed by atoms with Crippen molar-refractivity contribution < 1.29 is 8.83 Å². The predicted molar refractivity (Wildman–Crippen MR) is 194 cm³/mol. The van der Waals surface area contributed by atoms with Gasteiger partial charge in [0.05, 0.1) is 0 Å². The van der Waals surface area contributed by atoms with Gasteiger partial charge in [0.2, 0.25) is 0 Å². The summed E-state index contributed by atoms with van der Waals surface area (Å²) in [6, 6.07) is 43.6. The molecular formula is C43H27N3O2. The first-order chi connectivity index (χ1) is 23.7. The SMILES string of the molecule is C1=CC(c2cccc3oc4ccccc4c23)CC=C1c1nc(-c2ccc3ccccc3c2)nc(-c2ccc3oc4ccccc4c3c2)n1. The van der Waals surface area contributed by atoms with Gasteiger partial charge in [-0.2, -0.15) is 0 Å². The van der Waals surface area contributed by atoms with Crippen molar-refractivity contribution in [2.75, 3.05) is 0 Å². The normalized spacial score (nSPS) is 14.8. The van der Waals surface area contributed by atoms with Crippen molar-refractivity contribution in [2.45, 2.75) is 12.3 Å². The lowest BCUT2D eigenvalue weighted by Gasteiger charge is -2.18. The van der Waals surface area contributed by atoms with Gasteiger partial charge in [-0.05, 0) is 65.2 Å². The molecule has 0 bridgehead atoms. The number of nitrogens with zero attached hydrogens (tertiary/aromatic N) is 3. The second-order valence-corrected chi connectivity index (χ2v) is 12.4. The third-order valence-electron chi connectivity index (χ3n) is 9.47. The lowest BCUT2D eigenvalue weighted by molar-refractivity contribution is 0.668. The summed E-state index contributed by atoms with van der Waals surface area (Å²) in [7, 11) is 0. The van der Waals surface area contributed by atoms with Crippen LogP contribution in [0.1, 0.15) is 23.7 Å². The van der Waals surface area contributed by atoms with E-state index in [1.54, 1.807) is 0 Å². The quantitative estimate of drug-likeness (QED) is 0.197. The number of furan rings is 2. The van der Waals surface area contributed by atoms with Crippen LogP contribution in [0.25, 0.3) is 83.0 Å². The molecule has 0 radical (unpaired) electrons. The Balaban J connectivity index is 1.08. The van der Waals surface area contributed by atoms with Crippen LogP contribution >= 0.6 is 0 Å². The molecule has 226 valence electrons. The van der Waals surface area contributed by atoms with Gasteiger partial charge in [0.25, 0.3) is 0 Å². The van der Waals surface area contributed by atoms with Crippen molar-refractivity contribution in [1.82, 2.24) is 15.0 Å². The van der Waals surface area contributed by atoms with Crippen LogP contribution in [0.4, 0.5) is 0 Å². The van der Waals surface area contributed by atoms with Crippen molar-refractivity contribution in [3.05, 3.63) is 157 Å². The number of allylic oxidation sites excluding steroid dienone is 4. The largest absolute Gasteiger partial charge is 0.456 e. The minimum absolute atomic E-state index is 0.205. The molecule has 1 aliphatic rings. The fourth-order valence-corrected chi connectivity index (χ4v) is 7.08. The molecule has 10 rings (SSSR count). The Morgan fingerprint density at radius 1 is 0.500 bits per heavy atom. The summed E-state index contributed by atoms with van der Waals surface area (Å²) in [5.74, 6) is 2.13. The molecule has 5 nitrogen and oxygen atoms in total. The molecule has 0 fully saturated rings. The molecule has 3 heterocycles. The van der Waals surface area contributed by atoms with Gasteiger partial charge in [0.1, 0.15) is 22.3 Å². The maximum atomic E-state index is 6.18. The summed E-state index contributed by atoms with van der Waals surface area (Å²) >= 11 is 0. The van der Waals surface area contributed by atoms with Crippen LogP contribution in [0.5, 0.6) is 0 Å². The number of aromatic nitrogens is 3. The van der Waals surface area contributed by atoms with Crippen LogP contribution in [0, 0.1) is 0 Å². The average molecular weight is 618 g/mol. The summed E-state index contributed by atoms with van der Waals surface area (Å²) < 4.78 is 12.3. The van der Waals surface area contributed by atoms with Crippen LogP contribution in [0.2, 0.25) is 0 Å². The Morgan fingerprint density at radius 2 is 1.15 bits per heavy atom. The van der Waals surface area contributed by atoms with Crippen molar-refractivity contribution in [1.29, 1.82) is 0 Å². The van der Waals surface area contributed by atoms with Gasteiger partial charge in [0.15, 0.2) is 17.5 Å². The fraction of sp³-hybridized carbons (Fsp3) is 0.0465. The Bertz CT molecular complexity index is 2780. The van der Waals surface area contributed by atoms with E-state index in [9.17, 15) is 0 Å². The summed E-state index contributed by atoms with van der Waals surface area (Å²) in [5.41, 5.74) is 7.64. The van der Waals surface area contributed by atoms with Gasteiger partial charge < -0.3 is 8.83 Å². The molecule has 5 heteroatoms. The molecule has 1 aliphatic carbocycles. The summed E-state index contributed by atoms with van der Waals surface area (Å²) in [6.45, 7) is 0. The molecule has 9 aromatic rings. The van der Waals surface area contributed by atoms with E-state index in [2.05, 4.69) is 103 Å². The number of fused-ring (bicyclic) bond motifs is 7. The Kier molecular flexibility index (Phi) is 5.93. The van der Waals surface area contributed by atoms with Gasteiger partial charge in [-0.1, -0.05) is 103 Å². The second-order valence-electron chi connectivity index (χ2n) is 12.4. The molecule has 0 saturated heterocycles. The predicted octanol–water partition coefficient (Wildman–Crippen LogP) is 11.3. The van der Waals surface area contributed by atoms with Gasteiger partial charge in [-0.25, -0.2) is 15.0 Å². The van der Waals surface area contributed by atoms with Gasteiger partial charge in [-0.3, -0.25) is 0 Å². The summed E-state index contributed by atoms with van der Waals surface area (Å²) in [4.78, 5) is 15.2. The maximum absolute atomic E-state index is 6.18. The van der Waals surface area contributed by atoms with Gasteiger partial charge in [0, 0.05) is 44.2 Å². The van der Waals surface area contributed by atoms with E-state index in [1.807, 2.05) is 42.5 Å². The zero-order valence-electron chi connectivity index (χ0n) is 25.8. The van der Waals surface area contributed by atoms with Gasteiger partial charge in [-0.15, -0.1) is 0 Å². The third-order valence-corrected chi connectivity index (χ3v) is 9.47. The lowest BCUT2D eigenvalue weighted by Crippen LogP contribution is -2.05. The average Bonchev–Trinajstić information content (AvgIpc) is 3.73. The van der Waals surface area contributed by atoms with E-state index in [1.165, 1.54) is 16.3 Å². The third kappa shape index (κ3) is 4.36.